The van der Waals surface area contributed by atoms with E-state index < -0.39 is 0 Å². The second kappa shape index (κ2) is 8.39. The van der Waals surface area contributed by atoms with Gasteiger partial charge in [0.05, 0.1) is 24.7 Å². The molecule has 0 saturated heterocycles. The molecule has 0 bridgehead atoms. The highest BCUT2D eigenvalue weighted by molar-refractivity contribution is 7.99. The van der Waals surface area contributed by atoms with Crippen molar-refractivity contribution in [2.45, 2.75) is 30.3 Å². The zero-order valence-corrected chi connectivity index (χ0v) is 17.2. The summed E-state index contributed by atoms with van der Waals surface area (Å²) in [5.41, 5.74) is 1.68. The van der Waals surface area contributed by atoms with Gasteiger partial charge in [-0.2, -0.15) is 0 Å². The number of anilines is 1. The van der Waals surface area contributed by atoms with Gasteiger partial charge in [0.2, 0.25) is 11.1 Å². The number of thioether (sulfide) groups is 1. The zero-order valence-electron chi connectivity index (χ0n) is 16.4. The van der Waals surface area contributed by atoms with Crippen molar-refractivity contribution < 1.29 is 14.3 Å². The molecule has 0 spiro atoms. The number of ether oxygens (including phenoxy) is 2. The first-order valence-corrected chi connectivity index (χ1v) is 11.1. The highest BCUT2D eigenvalue weighted by atomic mass is 32.2. The number of aromatic nitrogens is 3. The van der Waals surface area contributed by atoms with E-state index in [2.05, 4.69) is 10.4 Å². The van der Waals surface area contributed by atoms with Crippen LogP contribution in [-0.4, -0.2) is 39.6 Å². The lowest BCUT2D eigenvalue weighted by Gasteiger charge is -2.10. The molecule has 1 aliphatic heterocycles. The third-order valence-electron chi connectivity index (χ3n) is 4.92. The minimum atomic E-state index is -0.112. The summed E-state index contributed by atoms with van der Waals surface area (Å²) in [4.78, 5) is 17.2. The van der Waals surface area contributed by atoms with E-state index in [4.69, 9.17) is 14.5 Å². The van der Waals surface area contributed by atoms with Gasteiger partial charge in [0.1, 0.15) is 5.82 Å². The number of para-hydroxylation sites is 1. The van der Waals surface area contributed by atoms with Gasteiger partial charge in [-0.05, 0) is 37.1 Å². The second-order valence-electron chi connectivity index (χ2n) is 7.32. The van der Waals surface area contributed by atoms with Gasteiger partial charge in [0.15, 0.2) is 11.5 Å². The minimum absolute atomic E-state index is 0.112. The van der Waals surface area contributed by atoms with E-state index in [0.29, 0.717) is 41.5 Å². The Labute approximate surface area is 178 Å². The van der Waals surface area contributed by atoms with Crippen molar-refractivity contribution in [3.63, 3.8) is 0 Å². The molecule has 0 radical (unpaired) electrons. The molecule has 7 nitrogen and oxygen atoms in total. The van der Waals surface area contributed by atoms with E-state index in [0.717, 1.165) is 30.8 Å². The molecule has 1 fully saturated rings. The number of hydrogen-bond donors (Lipinski definition) is 1. The van der Waals surface area contributed by atoms with Crippen LogP contribution in [0.25, 0.3) is 5.69 Å². The Kier molecular flexibility index (Phi) is 5.31. The van der Waals surface area contributed by atoms with E-state index in [1.165, 1.54) is 11.8 Å². The summed E-state index contributed by atoms with van der Waals surface area (Å²) < 4.78 is 13.2. The van der Waals surface area contributed by atoms with E-state index in [1.807, 2.05) is 47.1 Å². The van der Waals surface area contributed by atoms with Crippen LogP contribution in [0.4, 0.5) is 5.69 Å². The summed E-state index contributed by atoms with van der Waals surface area (Å²) in [5, 5.41) is 8.17. The predicted molar refractivity (Wildman–Crippen MR) is 115 cm³/mol. The van der Waals surface area contributed by atoms with Crippen molar-refractivity contribution in [3.8, 4) is 17.2 Å². The molecule has 2 heterocycles. The molecule has 154 valence electrons. The lowest BCUT2D eigenvalue weighted by Crippen LogP contribution is -2.14. The maximum atomic E-state index is 12.5. The maximum Gasteiger partial charge on any atom is 0.234 e. The highest BCUT2D eigenvalue weighted by Crippen LogP contribution is 2.40. The quantitative estimate of drug-likeness (QED) is 0.604. The topological polar surface area (TPSA) is 78.3 Å². The number of fused-ring (bicyclic) bond motifs is 1. The van der Waals surface area contributed by atoms with Gasteiger partial charge in [-0.25, -0.2) is 9.67 Å². The van der Waals surface area contributed by atoms with Crippen LogP contribution < -0.4 is 14.8 Å². The number of carbonyl (C=O) groups is 1. The van der Waals surface area contributed by atoms with Gasteiger partial charge >= 0.3 is 0 Å². The Hall–Kier alpha value is -3.00. The smallest absolute Gasteiger partial charge is 0.234 e. The monoisotopic (exact) mass is 422 g/mol. The minimum Gasteiger partial charge on any atom is -0.490 e. The Morgan fingerprint density at radius 1 is 1.10 bits per heavy atom. The molecule has 1 N–H and O–H groups in total. The van der Waals surface area contributed by atoms with Crippen LogP contribution in [0.2, 0.25) is 0 Å². The molecule has 8 heteroatoms. The summed E-state index contributed by atoms with van der Waals surface area (Å²) in [6, 6.07) is 15.5. The van der Waals surface area contributed by atoms with Crippen LogP contribution in [0.1, 0.15) is 31.0 Å². The molecule has 0 atom stereocenters. The average molecular weight is 423 g/mol. The Bertz CT molecular complexity index is 1050. The first kappa shape index (κ1) is 19.0. The third-order valence-corrected chi connectivity index (χ3v) is 5.76. The Morgan fingerprint density at radius 3 is 2.70 bits per heavy atom. The first-order chi connectivity index (χ1) is 14.8. The molecule has 1 aliphatic carbocycles. The number of hydrogen-bond acceptors (Lipinski definition) is 6. The summed E-state index contributed by atoms with van der Waals surface area (Å²) >= 11 is 1.34. The molecular formula is C22H22N4O3S. The lowest BCUT2D eigenvalue weighted by atomic mass is 10.2. The van der Waals surface area contributed by atoms with Gasteiger partial charge < -0.3 is 14.8 Å². The maximum absolute atomic E-state index is 12.5. The zero-order chi connectivity index (χ0) is 20.3. The SMILES string of the molecule is O=C(CSc1nc(C2CC2)n(-c2ccccc2)n1)Nc1ccc2c(c1)OCCCO2. The summed E-state index contributed by atoms with van der Waals surface area (Å²) in [7, 11) is 0. The van der Waals surface area contributed by atoms with Crippen molar-refractivity contribution >= 4 is 23.4 Å². The van der Waals surface area contributed by atoms with Gasteiger partial charge in [0.25, 0.3) is 0 Å². The van der Waals surface area contributed by atoms with Crippen molar-refractivity contribution in [2.24, 2.45) is 0 Å². The summed E-state index contributed by atoms with van der Waals surface area (Å²) in [6.07, 6.45) is 3.12. The summed E-state index contributed by atoms with van der Waals surface area (Å²) in [6.45, 7) is 1.25. The van der Waals surface area contributed by atoms with Crippen LogP contribution in [0.15, 0.2) is 53.7 Å². The predicted octanol–water partition coefficient (Wildman–Crippen LogP) is 4.04. The Morgan fingerprint density at radius 2 is 1.90 bits per heavy atom. The second-order valence-corrected chi connectivity index (χ2v) is 8.27. The third kappa shape index (κ3) is 4.28. The van der Waals surface area contributed by atoms with Crippen LogP contribution in [0.3, 0.4) is 0 Å². The number of nitrogens with one attached hydrogen (secondary N) is 1. The molecule has 5 rings (SSSR count). The van der Waals surface area contributed by atoms with Crippen LogP contribution in [0.5, 0.6) is 11.5 Å². The number of amides is 1. The lowest BCUT2D eigenvalue weighted by molar-refractivity contribution is -0.113. The van der Waals surface area contributed by atoms with Gasteiger partial charge in [-0.1, -0.05) is 30.0 Å². The molecule has 0 unspecified atom stereocenters. The fraction of sp³-hybridized carbons (Fsp3) is 0.318. The van der Waals surface area contributed by atoms with Crippen LogP contribution in [0, 0.1) is 0 Å². The molecule has 30 heavy (non-hydrogen) atoms. The molecule has 2 aromatic carbocycles. The molecule has 1 aromatic heterocycles. The molecule has 1 saturated carbocycles. The fourth-order valence-corrected chi connectivity index (χ4v) is 3.93. The van der Waals surface area contributed by atoms with Crippen LogP contribution >= 0.6 is 11.8 Å². The largest absolute Gasteiger partial charge is 0.490 e. The van der Waals surface area contributed by atoms with Gasteiger partial charge in [0, 0.05) is 24.1 Å². The van der Waals surface area contributed by atoms with Crippen molar-refractivity contribution in [3.05, 3.63) is 54.4 Å². The van der Waals surface area contributed by atoms with Crippen LogP contribution in [-0.2, 0) is 4.79 Å². The molecule has 3 aromatic rings. The highest BCUT2D eigenvalue weighted by Gasteiger charge is 2.30. The normalized spacial score (nSPS) is 15.5. The van der Waals surface area contributed by atoms with E-state index in [1.54, 1.807) is 6.07 Å². The number of benzene rings is 2. The van der Waals surface area contributed by atoms with Gasteiger partial charge in [-0.3, -0.25) is 4.79 Å². The van der Waals surface area contributed by atoms with Crippen molar-refractivity contribution in [2.75, 3.05) is 24.3 Å². The summed E-state index contributed by atoms with van der Waals surface area (Å²) in [5.74, 6) is 2.93. The number of rotatable bonds is 6. The molecular weight excluding hydrogens is 400 g/mol. The fourth-order valence-electron chi connectivity index (χ4n) is 3.30. The van der Waals surface area contributed by atoms with Gasteiger partial charge in [-0.15, -0.1) is 5.10 Å². The Balaban J connectivity index is 1.24. The molecule has 1 amide bonds. The van der Waals surface area contributed by atoms with E-state index in [9.17, 15) is 4.79 Å². The van der Waals surface area contributed by atoms with Crippen molar-refractivity contribution in [1.29, 1.82) is 0 Å². The standard InChI is InChI=1S/C22H22N4O3S/c27-20(23-16-9-10-18-19(13-16)29-12-4-11-28-18)14-30-22-24-21(15-7-8-15)26(25-22)17-5-2-1-3-6-17/h1-3,5-6,9-10,13,15H,4,7-8,11-12,14H2,(H,23,27). The first-order valence-electron chi connectivity index (χ1n) is 10.1. The van der Waals surface area contributed by atoms with E-state index in [-0.39, 0.29) is 11.7 Å². The van der Waals surface area contributed by atoms with E-state index >= 15 is 0 Å². The molecule has 2 aliphatic rings. The van der Waals surface area contributed by atoms with Crippen molar-refractivity contribution in [1.82, 2.24) is 14.8 Å². The number of carbonyl (C=O) groups excluding carboxylic acids is 1. The average Bonchev–Trinajstić information content (AvgIpc) is 3.56. The number of nitrogens with zero attached hydrogens (tertiary/aromatic N) is 3.